The van der Waals surface area contributed by atoms with Crippen LogP contribution in [0.3, 0.4) is 0 Å². The van der Waals surface area contributed by atoms with Gasteiger partial charge in [0.15, 0.2) is 12.1 Å². The lowest BCUT2D eigenvalue weighted by atomic mass is 9.89. The Balaban J connectivity index is 2.34. The predicted octanol–water partition coefficient (Wildman–Crippen LogP) is -1.18. The Kier molecular flexibility index (Phi) is 8.88. The number of hydrogen-bond acceptors (Lipinski definition) is 7. The van der Waals surface area contributed by atoms with Crippen LogP contribution in [-0.4, -0.2) is 76.8 Å². The summed E-state index contributed by atoms with van der Waals surface area (Å²) in [5, 5.41) is 32.1. The number of aliphatic hydroxyl groups is 2. The molecular formula is C19H32N4O7. The highest BCUT2D eigenvalue weighted by molar-refractivity contribution is 5.85. The van der Waals surface area contributed by atoms with E-state index in [9.17, 15) is 24.9 Å². The van der Waals surface area contributed by atoms with Gasteiger partial charge in [-0.1, -0.05) is 19.3 Å². The van der Waals surface area contributed by atoms with Gasteiger partial charge in [0.2, 0.25) is 11.7 Å². The maximum absolute atomic E-state index is 11.8. The first-order valence-electron chi connectivity index (χ1n) is 10.1. The summed E-state index contributed by atoms with van der Waals surface area (Å²) in [5.41, 5.74) is 11.0. The molecule has 11 nitrogen and oxygen atoms in total. The average Bonchev–Trinajstić information content (AvgIpc) is 2.69. The standard InChI is InChI=1S/C19H32N4O7/c1-10(25)22-15-12(23-19(20)21)7-14(18(27)28)30-17(15)16(13(26)8-24)29-9-11-5-3-2-4-6-11/h7,11-13,15-17,24,26H,2-6,8-9H2,1H3,(H,22,25)(H,27,28)(H4,20,21,23)/t12-,13+,15+,16+,17+/m0/s1. The molecule has 0 spiro atoms. The van der Waals surface area contributed by atoms with E-state index in [0.717, 1.165) is 25.7 Å². The summed E-state index contributed by atoms with van der Waals surface area (Å²) in [6, 6.07) is -1.89. The Bertz CT molecular complexity index is 659. The second kappa shape index (κ2) is 11.1. The van der Waals surface area contributed by atoms with Crippen molar-refractivity contribution in [3.8, 4) is 0 Å². The predicted molar refractivity (Wildman–Crippen MR) is 107 cm³/mol. The van der Waals surface area contributed by atoms with Crippen LogP contribution in [0.25, 0.3) is 0 Å². The number of carbonyl (C=O) groups excluding carboxylic acids is 1. The number of aliphatic imine (C=N–C) groups is 1. The minimum Gasteiger partial charge on any atom is -0.478 e. The fraction of sp³-hybridized carbons (Fsp3) is 0.737. The summed E-state index contributed by atoms with van der Waals surface area (Å²) < 4.78 is 11.5. The van der Waals surface area contributed by atoms with E-state index >= 15 is 0 Å². The topological polar surface area (TPSA) is 190 Å². The van der Waals surface area contributed by atoms with E-state index in [1.807, 2.05) is 0 Å². The molecule has 0 aromatic heterocycles. The van der Waals surface area contributed by atoms with Crippen LogP contribution in [0.2, 0.25) is 0 Å². The largest absolute Gasteiger partial charge is 0.478 e. The number of amides is 1. The van der Waals surface area contributed by atoms with E-state index in [0.29, 0.717) is 6.61 Å². The molecule has 1 saturated carbocycles. The third kappa shape index (κ3) is 6.57. The van der Waals surface area contributed by atoms with Crippen LogP contribution in [0.1, 0.15) is 39.0 Å². The lowest BCUT2D eigenvalue weighted by molar-refractivity contribution is -0.156. The molecule has 11 heteroatoms. The first kappa shape index (κ1) is 23.9. The summed E-state index contributed by atoms with van der Waals surface area (Å²) in [5.74, 6) is -2.24. The van der Waals surface area contributed by atoms with Crippen molar-refractivity contribution < 1.29 is 34.4 Å². The number of aliphatic carboxylic acids is 1. The number of nitrogens with two attached hydrogens (primary N) is 2. The van der Waals surface area contributed by atoms with E-state index in [4.69, 9.17) is 20.9 Å². The average molecular weight is 428 g/mol. The van der Waals surface area contributed by atoms with E-state index in [2.05, 4.69) is 10.3 Å². The minimum atomic E-state index is -1.37. The highest BCUT2D eigenvalue weighted by Crippen LogP contribution is 2.29. The van der Waals surface area contributed by atoms with Gasteiger partial charge in [-0.05, 0) is 24.8 Å². The van der Waals surface area contributed by atoms with Crippen LogP contribution in [-0.2, 0) is 19.1 Å². The van der Waals surface area contributed by atoms with E-state index in [1.54, 1.807) is 0 Å². The quantitative estimate of drug-likeness (QED) is 0.194. The van der Waals surface area contributed by atoms with Gasteiger partial charge < -0.3 is 41.6 Å². The van der Waals surface area contributed by atoms with Crippen molar-refractivity contribution in [2.24, 2.45) is 22.4 Å². The number of hydrogen-bond donors (Lipinski definition) is 6. The molecule has 0 aromatic carbocycles. The molecule has 1 amide bonds. The maximum Gasteiger partial charge on any atom is 0.370 e. The van der Waals surface area contributed by atoms with Gasteiger partial charge in [-0.15, -0.1) is 0 Å². The first-order chi connectivity index (χ1) is 14.2. The normalized spacial score (nSPS) is 26.6. The molecular weight excluding hydrogens is 396 g/mol. The molecule has 1 aliphatic heterocycles. The summed E-state index contributed by atoms with van der Waals surface area (Å²) >= 11 is 0. The second-order valence-corrected chi connectivity index (χ2v) is 7.74. The van der Waals surface area contributed by atoms with Crippen molar-refractivity contribution in [3.63, 3.8) is 0 Å². The highest BCUT2D eigenvalue weighted by Gasteiger charge is 2.45. The Morgan fingerprint density at radius 2 is 2.00 bits per heavy atom. The number of carboxylic acid groups (broad SMARTS) is 1. The van der Waals surface area contributed by atoms with Crippen molar-refractivity contribution in [2.75, 3.05) is 13.2 Å². The molecule has 170 valence electrons. The number of carboxylic acids is 1. The first-order valence-corrected chi connectivity index (χ1v) is 10.1. The summed E-state index contributed by atoms with van der Waals surface area (Å²) in [6.07, 6.45) is 2.87. The van der Waals surface area contributed by atoms with Gasteiger partial charge in [-0.2, -0.15) is 0 Å². The van der Waals surface area contributed by atoms with Gasteiger partial charge in [0, 0.05) is 6.92 Å². The molecule has 2 rings (SSSR count). The van der Waals surface area contributed by atoms with E-state index in [1.165, 1.54) is 19.4 Å². The fourth-order valence-corrected chi connectivity index (χ4v) is 3.93. The van der Waals surface area contributed by atoms with Crippen LogP contribution < -0.4 is 16.8 Å². The molecule has 2 aliphatic rings. The smallest absolute Gasteiger partial charge is 0.370 e. The third-order valence-electron chi connectivity index (χ3n) is 5.33. The number of rotatable bonds is 9. The summed E-state index contributed by atoms with van der Waals surface area (Å²) in [7, 11) is 0. The number of nitrogens with zero attached hydrogens (tertiary/aromatic N) is 1. The highest BCUT2D eigenvalue weighted by atomic mass is 16.6. The second-order valence-electron chi connectivity index (χ2n) is 7.74. The molecule has 0 radical (unpaired) electrons. The van der Waals surface area contributed by atoms with Crippen LogP contribution in [0.4, 0.5) is 0 Å². The van der Waals surface area contributed by atoms with Gasteiger partial charge in [0.1, 0.15) is 12.2 Å². The summed E-state index contributed by atoms with van der Waals surface area (Å²) in [4.78, 5) is 27.4. The number of ether oxygens (including phenoxy) is 2. The zero-order chi connectivity index (χ0) is 22.3. The van der Waals surface area contributed by atoms with Gasteiger partial charge in [-0.3, -0.25) is 4.79 Å². The van der Waals surface area contributed by atoms with Crippen molar-refractivity contribution in [3.05, 3.63) is 11.8 Å². The van der Waals surface area contributed by atoms with Crippen molar-refractivity contribution in [2.45, 2.75) is 69.4 Å². The maximum atomic E-state index is 11.8. The number of guanidine groups is 1. The summed E-state index contributed by atoms with van der Waals surface area (Å²) in [6.45, 7) is 0.953. The number of nitrogens with one attached hydrogen (secondary N) is 1. The van der Waals surface area contributed by atoms with Gasteiger partial charge in [0.05, 0.1) is 25.3 Å². The van der Waals surface area contributed by atoms with E-state index in [-0.39, 0.29) is 11.9 Å². The molecule has 8 N–H and O–H groups in total. The fourth-order valence-electron chi connectivity index (χ4n) is 3.93. The van der Waals surface area contributed by atoms with Crippen molar-refractivity contribution in [1.82, 2.24) is 5.32 Å². The molecule has 0 bridgehead atoms. The molecule has 1 aliphatic carbocycles. The number of aliphatic hydroxyl groups excluding tert-OH is 2. The zero-order valence-corrected chi connectivity index (χ0v) is 17.1. The van der Waals surface area contributed by atoms with Gasteiger partial charge >= 0.3 is 5.97 Å². The molecule has 1 heterocycles. The molecule has 0 unspecified atom stereocenters. The number of carbonyl (C=O) groups is 2. The lowest BCUT2D eigenvalue weighted by Crippen LogP contribution is -2.60. The van der Waals surface area contributed by atoms with Crippen LogP contribution in [0, 0.1) is 5.92 Å². The monoisotopic (exact) mass is 428 g/mol. The third-order valence-corrected chi connectivity index (χ3v) is 5.33. The van der Waals surface area contributed by atoms with Gasteiger partial charge in [-0.25, -0.2) is 9.79 Å². The Morgan fingerprint density at radius 1 is 1.33 bits per heavy atom. The van der Waals surface area contributed by atoms with Crippen LogP contribution >= 0.6 is 0 Å². The van der Waals surface area contributed by atoms with Gasteiger partial charge in [0.25, 0.3) is 0 Å². The molecule has 5 atom stereocenters. The Hall–Kier alpha value is -2.37. The zero-order valence-electron chi connectivity index (χ0n) is 17.1. The van der Waals surface area contributed by atoms with Crippen molar-refractivity contribution >= 4 is 17.8 Å². The lowest BCUT2D eigenvalue weighted by Gasteiger charge is -2.40. The Labute approximate surface area is 175 Å². The van der Waals surface area contributed by atoms with E-state index < -0.39 is 54.6 Å². The molecule has 30 heavy (non-hydrogen) atoms. The van der Waals surface area contributed by atoms with Crippen molar-refractivity contribution in [1.29, 1.82) is 0 Å². The van der Waals surface area contributed by atoms with Crippen LogP contribution in [0.15, 0.2) is 16.8 Å². The SMILES string of the molecule is CC(=O)N[C@H]1[C@H]([C@H](OCC2CCCCC2)[C@H](O)CO)OC(C(=O)O)=C[C@@H]1N=C(N)N. The minimum absolute atomic E-state index is 0.290. The molecule has 0 saturated heterocycles. The Morgan fingerprint density at radius 3 is 2.53 bits per heavy atom. The van der Waals surface area contributed by atoms with Crippen LogP contribution in [0.5, 0.6) is 0 Å². The molecule has 1 fully saturated rings. The molecule has 0 aromatic rings.